The number of rotatable bonds is 5. The van der Waals surface area contributed by atoms with Gasteiger partial charge in [-0.25, -0.2) is 9.18 Å². The third-order valence-corrected chi connectivity index (χ3v) is 5.42. The number of hydrogen-bond donors (Lipinski definition) is 1. The fourth-order valence-electron chi connectivity index (χ4n) is 4.03. The molecule has 1 aromatic carbocycles. The minimum absolute atomic E-state index is 0.148. The molecule has 0 aliphatic carbocycles. The summed E-state index contributed by atoms with van der Waals surface area (Å²) < 4.78 is 19.9. The number of likely N-dealkylation sites (tertiary alicyclic amines) is 1. The zero-order chi connectivity index (χ0) is 19.1. The summed E-state index contributed by atoms with van der Waals surface area (Å²) in [5, 5.41) is 2.61. The van der Waals surface area contributed by atoms with Crippen LogP contribution in [0.5, 0.6) is 0 Å². The van der Waals surface area contributed by atoms with Crippen molar-refractivity contribution in [1.82, 2.24) is 10.2 Å². The standard InChI is InChI=1S/C18H21FN4O4/c1-11(25)20-5-14-8-22(18(26)27-14)13-2-3-16(15(19)4-13)23-7-12-6-21(10-24)9-17(12)23/h2-4,10,12,14,17H,5-9H2,1H3,(H,20,25). The van der Waals surface area contributed by atoms with E-state index in [1.165, 1.54) is 17.9 Å². The molecule has 0 radical (unpaired) electrons. The first-order valence-electron chi connectivity index (χ1n) is 8.94. The van der Waals surface area contributed by atoms with Crippen LogP contribution in [0.1, 0.15) is 6.92 Å². The van der Waals surface area contributed by atoms with Crippen molar-refractivity contribution < 1.29 is 23.5 Å². The average molecular weight is 376 g/mol. The van der Waals surface area contributed by atoms with E-state index in [2.05, 4.69) is 5.32 Å². The van der Waals surface area contributed by atoms with Crippen molar-refractivity contribution in [2.24, 2.45) is 5.92 Å². The fourth-order valence-corrected chi connectivity index (χ4v) is 4.03. The van der Waals surface area contributed by atoms with Gasteiger partial charge in [-0.3, -0.25) is 14.5 Å². The predicted octanol–water partition coefficient (Wildman–Crippen LogP) is 0.564. The van der Waals surface area contributed by atoms with Crippen LogP contribution in [0, 0.1) is 11.7 Å². The van der Waals surface area contributed by atoms with Crippen LogP contribution in [0.25, 0.3) is 0 Å². The van der Waals surface area contributed by atoms with Gasteiger partial charge < -0.3 is 19.9 Å². The van der Waals surface area contributed by atoms with E-state index in [-0.39, 0.29) is 25.0 Å². The van der Waals surface area contributed by atoms with Crippen LogP contribution >= 0.6 is 0 Å². The Morgan fingerprint density at radius 1 is 1.33 bits per heavy atom. The first-order valence-corrected chi connectivity index (χ1v) is 8.94. The molecule has 0 saturated carbocycles. The highest BCUT2D eigenvalue weighted by molar-refractivity contribution is 5.90. The molecule has 4 rings (SSSR count). The fraction of sp³-hybridized carbons (Fsp3) is 0.500. The maximum atomic E-state index is 14.7. The molecule has 0 aromatic heterocycles. The summed E-state index contributed by atoms with van der Waals surface area (Å²) in [6.45, 7) is 3.92. The smallest absolute Gasteiger partial charge is 0.414 e. The molecule has 3 fully saturated rings. The van der Waals surface area contributed by atoms with Crippen LogP contribution in [0.4, 0.5) is 20.6 Å². The van der Waals surface area contributed by atoms with Gasteiger partial charge in [0.1, 0.15) is 11.9 Å². The zero-order valence-electron chi connectivity index (χ0n) is 14.9. The molecule has 3 atom stereocenters. The predicted molar refractivity (Wildman–Crippen MR) is 95.0 cm³/mol. The maximum absolute atomic E-state index is 14.7. The van der Waals surface area contributed by atoms with Crippen molar-refractivity contribution in [3.8, 4) is 0 Å². The lowest BCUT2D eigenvalue weighted by molar-refractivity contribution is -0.119. The highest BCUT2D eigenvalue weighted by Gasteiger charge is 2.46. The summed E-state index contributed by atoms with van der Waals surface area (Å²) in [5.74, 6) is -0.223. The number of benzene rings is 1. The Bertz CT molecular complexity index is 789. The van der Waals surface area contributed by atoms with Crippen molar-refractivity contribution in [1.29, 1.82) is 0 Å². The largest absolute Gasteiger partial charge is 0.442 e. The molecule has 3 heterocycles. The highest BCUT2D eigenvalue weighted by Crippen LogP contribution is 2.38. The molecule has 3 amide bonds. The van der Waals surface area contributed by atoms with Gasteiger partial charge in [0, 0.05) is 32.5 Å². The molecule has 8 nitrogen and oxygen atoms in total. The topological polar surface area (TPSA) is 82.2 Å². The van der Waals surface area contributed by atoms with E-state index in [1.807, 2.05) is 4.90 Å². The van der Waals surface area contributed by atoms with E-state index in [0.717, 1.165) is 19.5 Å². The van der Waals surface area contributed by atoms with Gasteiger partial charge in [-0.05, 0) is 18.2 Å². The van der Waals surface area contributed by atoms with Crippen LogP contribution in [-0.4, -0.2) is 68.2 Å². The normalized spacial score (nSPS) is 26.5. The van der Waals surface area contributed by atoms with E-state index in [0.29, 0.717) is 23.8 Å². The second kappa shape index (κ2) is 6.71. The Balaban J connectivity index is 1.44. The molecule has 9 heteroatoms. The second-order valence-electron chi connectivity index (χ2n) is 7.23. The van der Waals surface area contributed by atoms with Crippen molar-refractivity contribution in [3.05, 3.63) is 24.0 Å². The summed E-state index contributed by atoms with van der Waals surface area (Å²) in [7, 11) is 0. The van der Waals surface area contributed by atoms with E-state index >= 15 is 0 Å². The third kappa shape index (κ3) is 3.17. The first-order chi connectivity index (χ1) is 13.0. The Hall–Kier alpha value is -2.84. The summed E-state index contributed by atoms with van der Waals surface area (Å²) in [4.78, 5) is 39.0. The van der Waals surface area contributed by atoms with Crippen LogP contribution in [0.3, 0.4) is 0 Å². The third-order valence-electron chi connectivity index (χ3n) is 5.42. The van der Waals surface area contributed by atoms with Gasteiger partial charge >= 0.3 is 6.09 Å². The number of nitrogens with zero attached hydrogens (tertiary/aromatic N) is 3. The molecule has 3 aliphatic heterocycles. The van der Waals surface area contributed by atoms with Gasteiger partial charge in [0.25, 0.3) is 0 Å². The number of carbonyl (C=O) groups is 3. The van der Waals surface area contributed by atoms with E-state index in [1.54, 1.807) is 17.0 Å². The molecule has 0 spiro atoms. The molecule has 27 heavy (non-hydrogen) atoms. The number of carbonyl (C=O) groups excluding carboxylic acids is 3. The lowest BCUT2D eigenvalue weighted by Crippen LogP contribution is -2.56. The average Bonchev–Trinajstić information content (AvgIpc) is 3.15. The molecule has 3 saturated heterocycles. The van der Waals surface area contributed by atoms with Crippen molar-refractivity contribution >= 4 is 29.8 Å². The summed E-state index contributed by atoms with van der Waals surface area (Å²) >= 11 is 0. The van der Waals surface area contributed by atoms with Gasteiger partial charge in [-0.1, -0.05) is 0 Å². The van der Waals surface area contributed by atoms with Crippen LogP contribution < -0.4 is 15.1 Å². The quantitative estimate of drug-likeness (QED) is 0.760. The summed E-state index contributed by atoms with van der Waals surface area (Å²) in [6.07, 6.45) is -0.182. The zero-order valence-corrected chi connectivity index (χ0v) is 14.9. The van der Waals surface area contributed by atoms with E-state index in [4.69, 9.17) is 4.74 Å². The number of halogens is 1. The Kier molecular flexibility index (Phi) is 4.37. The van der Waals surface area contributed by atoms with Crippen molar-refractivity contribution in [2.45, 2.75) is 19.1 Å². The second-order valence-corrected chi connectivity index (χ2v) is 7.23. The van der Waals surface area contributed by atoms with Gasteiger partial charge in [-0.15, -0.1) is 0 Å². The summed E-state index contributed by atoms with van der Waals surface area (Å²) in [6, 6.07) is 4.84. The maximum Gasteiger partial charge on any atom is 0.414 e. The number of hydrogen-bond acceptors (Lipinski definition) is 5. The minimum atomic E-state index is -0.557. The molecule has 144 valence electrons. The SMILES string of the molecule is CC(=O)NCC1CN(c2ccc(N3CC4CN(C=O)CC43)c(F)c2)C(=O)O1. The van der Waals surface area contributed by atoms with Crippen molar-refractivity contribution in [2.75, 3.05) is 42.5 Å². The Morgan fingerprint density at radius 3 is 2.85 bits per heavy atom. The molecule has 0 bridgehead atoms. The molecule has 3 aliphatic rings. The van der Waals surface area contributed by atoms with Crippen LogP contribution in [0.2, 0.25) is 0 Å². The van der Waals surface area contributed by atoms with E-state index < -0.39 is 18.0 Å². The molecular weight excluding hydrogens is 355 g/mol. The first kappa shape index (κ1) is 17.6. The van der Waals surface area contributed by atoms with E-state index in [9.17, 15) is 18.8 Å². The van der Waals surface area contributed by atoms with Gasteiger partial charge in [0.15, 0.2) is 0 Å². The number of ether oxygens (including phenoxy) is 1. The number of nitrogens with one attached hydrogen (secondary N) is 1. The molecule has 1 N–H and O–H groups in total. The Labute approximate surface area is 155 Å². The van der Waals surface area contributed by atoms with Gasteiger partial charge in [-0.2, -0.15) is 0 Å². The number of anilines is 2. The number of amides is 3. The summed E-state index contributed by atoms with van der Waals surface area (Å²) in [5.41, 5.74) is 0.902. The highest BCUT2D eigenvalue weighted by atomic mass is 19.1. The van der Waals surface area contributed by atoms with Crippen LogP contribution in [-0.2, 0) is 14.3 Å². The van der Waals surface area contributed by atoms with Gasteiger partial charge in [0.05, 0.1) is 30.5 Å². The molecule has 3 unspecified atom stereocenters. The number of cyclic esters (lactones) is 1. The lowest BCUT2D eigenvalue weighted by atomic mass is 9.91. The molecule has 1 aromatic rings. The monoisotopic (exact) mass is 376 g/mol. The minimum Gasteiger partial charge on any atom is -0.442 e. The van der Waals surface area contributed by atoms with Crippen molar-refractivity contribution in [3.63, 3.8) is 0 Å². The Morgan fingerprint density at radius 2 is 2.15 bits per heavy atom. The lowest BCUT2D eigenvalue weighted by Gasteiger charge is -2.45. The van der Waals surface area contributed by atoms with Gasteiger partial charge in [0.2, 0.25) is 12.3 Å². The van der Waals surface area contributed by atoms with Crippen LogP contribution in [0.15, 0.2) is 18.2 Å². The molecular formula is C18H21FN4O4. The number of fused-ring (bicyclic) bond motifs is 1.